The van der Waals surface area contributed by atoms with Crippen LogP contribution in [0, 0.1) is 45.3 Å². The lowest BCUT2D eigenvalue weighted by atomic mass is 9.68. The second-order valence-corrected chi connectivity index (χ2v) is 14.4. The lowest BCUT2D eigenvalue weighted by molar-refractivity contribution is -0.120. The van der Waals surface area contributed by atoms with Gasteiger partial charge in [-0.3, -0.25) is 4.79 Å². The van der Waals surface area contributed by atoms with Crippen LogP contribution < -0.4 is 0 Å². The zero-order chi connectivity index (χ0) is 26.0. The number of carbonyl (C=O) groups is 1. The van der Waals surface area contributed by atoms with Gasteiger partial charge in [-0.1, -0.05) is 91.5 Å². The van der Waals surface area contributed by atoms with Gasteiger partial charge in [0.05, 0.1) is 6.10 Å². The Kier molecular flexibility index (Phi) is 7.24. The quantitative estimate of drug-likeness (QED) is 0.410. The van der Waals surface area contributed by atoms with Crippen molar-refractivity contribution in [3.63, 3.8) is 0 Å². The Morgan fingerprint density at radius 1 is 0.765 bits per heavy atom. The molecule has 4 aliphatic carbocycles. The standard InChI is InChI=1S/C16H28O.C16H26O/c2*1-10(17)12-8-7-9-13-14(12)16(5,6)11(2)15(13,3)4/h10-12,17H,7-9H2,1-6H3;11-12H,7-9H2,1-6H3. The van der Waals surface area contributed by atoms with Gasteiger partial charge in [0.1, 0.15) is 5.78 Å². The molecule has 0 aromatic carbocycles. The topological polar surface area (TPSA) is 37.3 Å². The van der Waals surface area contributed by atoms with Crippen LogP contribution in [0.4, 0.5) is 0 Å². The average Bonchev–Trinajstić information content (AvgIpc) is 2.99. The fourth-order valence-electron chi connectivity index (χ4n) is 8.70. The third kappa shape index (κ3) is 4.08. The van der Waals surface area contributed by atoms with Gasteiger partial charge >= 0.3 is 0 Å². The molecule has 194 valence electrons. The Balaban J connectivity index is 0.000000191. The van der Waals surface area contributed by atoms with Crippen LogP contribution in [0.3, 0.4) is 0 Å². The van der Waals surface area contributed by atoms with Crippen molar-refractivity contribution in [1.29, 1.82) is 0 Å². The van der Waals surface area contributed by atoms with Crippen molar-refractivity contribution in [2.24, 2.45) is 45.3 Å². The van der Waals surface area contributed by atoms with Crippen LogP contribution in [0.2, 0.25) is 0 Å². The second kappa shape index (κ2) is 8.89. The molecule has 5 atom stereocenters. The molecule has 2 heteroatoms. The molecule has 0 radical (unpaired) electrons. The molecule has 34 heavy (non-hydrogen) atoms. The second-order valence-electron chi connectivity index (χ2n) is 14.4. The third-order valence-electron chi connectivity index (χ3n) is 11.6. The monoisotopic (exact) mass is 470 g/mol. The molecular formula is C32H54O2. The molecule has 1 N–H and O–H groups in total. The summed E-state index contributed by atoms with van der Waals surface area (Å²) in [7, 11) is 0. The van der Waals surface area contributed by atoms with E-state index < -0.39 is 0 Å². The molecule has 4 aliphatic rings. The summed E-state index contributed by atoms with van der Waals surface area (Å²) < 4.78 is 0. The highest BCUT2D eigenvalue weighted by Gasteiger charge is 2.54. The number of carbonyl (C=O) groups excluding carboxylic acids is 1. The average molecular weight is 471 g/mol. The minimum Gasteiger partial charge on any atom is -0.393 e. The first-order valence-electron chi connectivity index (χ1n) is 14.1. The van der Waals surface area contributed by atoms with Gasteiger partial charge in [-0.15, -0.1) is 0 Å². The van der Waals surface area contributed by atoms with Crippen molar-refractivity contribution in [1.82, 2.24) is 0 Å². The summed E-state index contributed by atoms with van der Waals surface area (Å²) in [6.07, 6.45) is 6.94. The van der Waals surface area contributed by atoms with Gasteiger partial charge in [0.15, 0.2) is 0 Å². The number of aliphatic hydroxyl groups is 1. The first-order valence-corrected chi connectivity index (χ1v) is 14.1. The van der Waals surface area contributed by atoms with Crippen molar-refractivity contribution in [2.75, 3.05) is 0 Å². The Morgan fingerprint density at radius 2 is 1.18 bits per heavy atom. The minimum absolute atomic E-state index is 0.190. The van der Waals surface area contributed by atoms with Crippen molar-refractivity contribution >= 4 is 5.78 Å². The van der Waals surface area contributed by atoms with E-state index in [4.69, 9.17) is 0 Å². The summed E-state index contributed by atoms with van der Waals surface area (Å²) in [5.41, 5.74) is 7.37. The molecule has 4 rings (SSSR count). The highest BCUT2D eigenvalue weighted by atomic mass is 16.3. The molecule has 0 aromatic heterocycles. The fraction of sp³-hybridized carbons (Fsp3) is 0.844. The zero-order valence-corrected chi connectivity index (χ0v) is 24.5. The Bertz CT molecular complexity index is 877. The summed E-state index contributed by atoms with van der Waals surface area (Å²) in [4.78, 5) is 11.9. The molecule has 0 aliphatic heterocycles. The molecular weight excluding hydrogens is 416 g/mol. The number of allylic oxidation sites excluding steroid dienone is 3. The highest BCUT2D eigenvalue weighted by Crippen LogP contribution is 2.63. The molecule has 2 nitrogen and oxygen atoms in total. The van der Waals surface area contributed by atoms with E-state index in [0.717, 1.165) is 6.42 Å². The van der Waals surface area contributed by atoms with Gasteiger partial charge in [-0.05, 0) is 85.9 Å². The summed E-state index contributed by atoms with van der Waals surface area (Å²) in [6.45, 7) is 27.4. The van der Waals surface area contributed by atoms with E-state index in [-0.39, 0.29) is 28.3 Å². The van der Waals surface area contributed by atoms with Gasteiger partial charge in [0.25, 0.3) is 0 Å². The number of hydrogen-bond donors (Lipinski definition) is 1. The molecule has 0 fully saturated rings. The van der Waals surface area contributed by atoms with Crippen molar-refractivity contribution in [3.8, 4) is 0 Å². The first-order chi connectivity index (χ1) is 15.4. The van der Waals surface area contributed by atoms with Crippen molar-refractivity contribution < 1.29 is 9.90 Å². The summed E-state index contributed by atoms with van der Waals surface area (Å²) in [5.74, 6) is 2.27. The number of Topliss-reactive ketones (excluding diaryl/α,β-unsaturated/α-hetero) is 1. The van der Waals surface area contributed by atoms with Crippen LogP contribution in [0.1, 0.15) is 122 Å². The molecule has 0 amide bonds. The van der Waals surface area contributed by atoms with Crippen LogP contribution in [-0.4, -0.2) is 17.0 Å². The Hall–Kier alpha value is -0.890. The maximum absolute atomic E-state index is 11.9. The Labute approximate surface area is 211 Å². The normalized spacial score (nSPS) is 35.8. The van der Waals surface area contributed by atoms with Crippen LogP contribution in [0.15, 0.2) is 22.3 Å². The van der Waals surface area contributed by atoms with E-state index in [1.165, 1.54) is 37.7 Å². The van der Waals surface area contributed by atoms with E-state index in [9.17, 15) is 9.90 Å². The molecule has 0 bridgehead atoms. The lowest BCUT2D eigenvalue weighted by Gasteiger charge is -2.37. The lowest BCUT2D eigenvalue weighted by Crippen LogP contribution is -2.31. The van der Waals surface area contributed by atoms with Gasteiger partial charge in [-0.25, -0.2) is 0 Å². The summed E-state index contributed by atoms with van der Waals surface area (Å²) in [5, 5.41) is 10.1. The predicted molar refractivity (Wildman–Crippen MR) is 145 cm³/mol. The van der Waals surface area contributed by atoms with Crippen molar-refractivity contribution in [2.45, 2.75) is 128 Å². The third-order valence-corrected chi connectivity index (χ3v) is 11.6. The molecule has 0 aromatic rings. The SMILES string of the molecule is CC(=O)C1CCCC2=C1C(C)(C)C(C)C2(C)C.CC(O)C1CCCC2=C1C(C)(C)C(C)C2(C)C. The summed E-state index contributed by atoms with van der Waals surface area (Å²) >= 11 is 0. The van der Waals surface area contributed by atoms with Gasteiger partial charge < -0.3 is 5.11 Å². The molecule has 0 saturated heterocycles. The summed E-state index contributed by atoms with van der Waals surface area (Å²) in [6, 6.07) is 0. The smallest absolute Gasteiger partial charge is 0.136 e. The van der Waals surface area contributed by atoms with Gasteiger partial charge in [0, 0.05) is 11.8 Å². The van der Waals surface area contributed by atoms with Crippen LogP contribution in [0.25, 0.3) is 0 Å². The fourth-order valence-corrected chi connectivity index (χ4v) is 8.70. The zero-order valence-electron chi connectivity index (χ0n) is 24.5. The van der Waals surface area contributed by atoms with Crippen molar-refractivity contribution in [3.05, 3.63) is 22.3 Å². The van der Waals surface area contributed by atoms with E-state index in [0.29, 0.717) is 29.0 Å². The van der Waals surface area contributed by atoms with Crippen LogP contribution in [0.5, 0.6) is 0 Å². The van der Waals surface area contributed by atoms with Gasteiger partial charge in [0.2, 0.25) is 0 Å². The van der Waals surface area contributed by atoms with Crippen LogP contribution in [-0.2, 0) is 4.79 Å². The number of aliphatic hydroxyl groups excluding tert-OH is 1. The van der Waals surface area contributed by atoms with E-state index in [1.54, 1.807) is 23.6 Å². The van der Waals surface area contributed by atoms with E-state index in [1.807, 2.05) is 6.92 Å². The highest BCUT2D eigenvalue weighted by molar-refractivity contribution is 5.82. The first kappa shape index (κ1) is 27.7. The number of hydrogen-bond acceptors (Lipinski definition) is 2. The molecule has 0 saturated carbocycles. The molecule has 5 unspecified atom stereocenters. The number of rotatable bonds is 2. The largest absolute Gasteiger partial charge is 0.393 e. The van der Waals surface area contributed by atoms with E-state index >= 15 is 0 Å². The molecule has 0 heterocycles. The predicted octanol–water partition coefficient (Wildman–Crippen LogP) is 8.54. The maximum Gasteiger partial charge on any atom is 0.136 e. The molecule has 0 spiro atoms. The Morgan fingerprint density at radius 3 is 1.62 bits per heavy atom. The van der Waals surface area contributed by atoms with E-state index in [2.05, 4.69) is 69.2 Å². The number of ketones is 1. The minimum atomic E-state index is -0.194. The van der Waals surface area contributed by atoms with Crippen LogP contribution >= 0.6 is 0 Å². The maximum atomic E-state index is 11.9. The van der Waals surface area contributed by atoms with Gasteiger partial charge in [-0.2, -0.15) is 0 Å².